The van der Waals surface area contributed by atoms with E-state index >= 15 is 0 Å². The monoisotopic (exact) mass is 269 g/mol. The van der Waals surface area contributed by atoms with Crippen molar-refractivity contribution >= 4 is 5.78 Å². The largest absolute Gasteiger partial charge is 0.481 e. The molecule has 0 spiro atoms. The molecule has 1 aliphatic rings. The molecule has 0 aliphatic heterocycles. The van der Waals surface area contributed by atoms with Gasteiger partial charge in [-0.2, -0.15) is 0 Å². The summed E-state index contributed by atoms with van der Waals surface area (Å²) >= 11 is 0. The molecule has 0 saturated carbocycles. The minimum atomic E-state index is 0.156. The van der Waals surface area contributed by atoms with Gasteiger partial charge in [0, 0.05) is 31.3 Å². The summed E-state index contributed by atoms with van der Waals surface area (Å²) in [7, 11) is 1.59. The summed E-state index contributed by atoms with van der Waals surface area (Å²) in [4.78, 5) is 24.7. The third-order valence-corrected chi connectivity index (χ3v) is 3.40. The van der Waals surface area contributed by atoms with E-state index in [-0.39, 0.29) is 5.78 Å². The highest BCUT2D eigenvalue weighted by atomic mass is 16.5. The van der Waals surface area contributed by atoms with Crippen LogP contribution in [0.5, 0.6) is 5.88 Å². The molecule has 20 heavy (non-hydrogen) atoms. The lowest BCUT2D eigenvalue weighted by molar-refractivity contribution is 0.0971. The van der Waals surface area contributed by atoms with Crippen molar-refractivity contribution in [1.82, 2.24) is 15.0 Å². The van der Waals surface area contributed by atoms with Gasteiger partial charge in [0.05, 0.1) is 18.4 Å². The Labute approximate surface area is 117 Å². The Bertz CT molecular complexity index is 638. The molecule has 5 nitrogen and oxygen atoms in total. The van der Waals surface area contributed by atoms with Crippen molar-refractivity contribution in [3.05, 3.63) is 47.2 Å². The molecule has 2 aromatic rings. The summed E-state index contributed by atoms with van der Waals surface area (Å²) in [5.74, 6) is 1.47. The van der Waals surface area contributed by atoms with Crippen LogP contribution >= 0.6 is 0 Å². The van der Waals surface area contributed by atoms with E-state index in [0.717, 1.165) is 29.9 Å². The van der Waals surface area contributed by atoms with E-state index in [4.69, 9.17) is 4.74 Å². The van der Waals surface area contributed by atoms with Crippen LogP contribution < -0.4 is 4.74 Å². The second kappa shape index (κ2) is 5.36. The molecule has 0 amide bonds. The minimum Gasteiger partial charge on any atom is -0.481 e. The van der Waals surface area contributed by atoms with Crippen molar-refractivity contribution < 1.29 is 9.53 Å². The van der Waals surface area contributed by atoms with Crippen LogP contribution in [0.4, 0.5) is 0 Å². The van der Waals surface area contributed by atoms with E-state index in [1.807, 2.05) is 12.1 Å². The third-order valence-electron chi connectivity index (χ3n) is 3.40. The molecule has 5 heteroatoms. The van der Waals surface area contributed by atoms with Gasteiger partial charge in [-0.1, -0.05) is 6.07 Å². The number of ketones is 1. The van der Waals surface area contributed by atoms with Gasteiger partial charge in [0.15, 0.2) is 5.78 Å². The molecule has 0 aromatic carbocycles. The normalized spacial score (nSPS) is 13.9. The van der Waals surface area contributed by atoms with E-state index in [9.17, 15) is 4.79 Å². The van der Waals surface area contributed by atoms with Gasteiger partial charge in [-0.25, -0.2) is 15.0 Å². The maximum absolute atomic E-state index is 11.7. The standard InChI is InChI=1S/C15H15N3O2/c1-20-15-6-5-10(8-17-15)7-14-16-9-11-12(18-14)3-2-4-13(11)19/h5-6,8-9H,2-4,7H2,1H3. The molecular weight excluding hydrogens is 254 g/mol. The van der Waals surface area contributed by atoms with Crippen LogP contribution in [-0.2, 0) is 12.8 Å². The van der Waals surface area contributed by atoms with Crippen molar-refractivity contribution in [1.29, 1.82) is 0 Å². The number of Topliss-reactive ketones (excluding diaryl/α,β-unsaturated/α-hetero) is 1. The number of carbonyl (C=O) groups excluding carboxylic acids is 1. The molecule has 2 heterocycles. The number of ether oxygens (including phenoxy) is 1. The summed E-state index contributed by atoms with van der Waals surface area (Å²) in [5.41, 5.74) is 2.59. The van der Waals surface area contributed by atoms with Crippen LogP contribution in [0.1, 0.15) is 40.3 Å². The zero-order valence-electron chi connectivity index (χ0n) is 11.3. The quantitative estimate of drug-likeness (QED) is 0.852. The summed E-state index contributed by atoms with van der Waals surface area (Å²) < 4.78 is 5.03. The molecule has 0 unspecified atom stereocenters. The Morgan fingerprint density at radius 1 is 1.20 bits per heavy atom. The van der Waals surface area contributed by atoms with Crippen molar-refractivity contribution in [2.45, 2.75) is 25.7 Å². The first-order chi connectivity index (χ1) is 9.76. The molecule has 2 aromatic heterocycles. The van der Waals surface area contributed by atoms with Crippen molar-refractivity contribution in [3.8, 4) is 5.88 Å². The average Bonchev–Trinajstić information content (AvgIpc) is 2.48. The summed E-state index contributed by atoms with van der Waals surface area (Å²) in [6, 6.07) is 3.76. The fourth-order valence-electron chi connectivity index (χ4n) is 2.34. The number of pyridine rings is 1. The van der Waals surface area contributed by atoms with Crippen LogP contribution in [0, 0.1) is 0 Å². The van der Waals surface area contributed by atoms with Crippen LogP contribution in [0.3, 0.4) is 0 Å². The summed E-state index contributed by atoms with van der Waals surface area (Å²) in [5, 5.41) is 0. The number of hydrogen-bond donors (Lipinski definition) is 0. The van der Waals surface area contributed by atoms with Gasteiger partial charge in [0.2, 0.25) is 5.88 Å². The van der Waals surface area contributed by atoms with Crippen LogP contribution in [-0.4, -0.2) is 27.8 Å². The first kappa shape index (κ1) is 12.7. The Kier molecular flexibility index (Phi) is 3.41. The molecule has 0 radical (unpaired) electrons. The summed E-state index contributed by atoms with van der Waals surface area (Å²) in [6.45, 7) is 0. The van der Waals surface area contributed by atoms with Gasteiger partial charge in [0.1, 0.15) is 5.82 Å². The van der Waals surface area contributed by atoms with Crippen LogP contribution in [0.2, 0.25) is 0 Å². The maximum atomic E-state index is 11.7. The fraction of sp³-hybridized carbons (Fsp3) is 0.333. The Hall–Kier alpha value is -2.30. The highest BCUT2D eigenvalue weighted by Gasteiger charge is 2.19. The SMILES string of the molecule is COc1ccc(Cc2ncc3c(n2)CCCC3=O)cn1. The smallest absolute Gasteiger partial charge is 0.212 e. The number of rotatable bonds is 3. The Morgan fingerprint density at radius 3 is 2.85 bits per heavy atom. The third kappa shape index (κ3) is 2.52. The zero-order valence-corrected chi connectivity index (χ0v) is 11.3. The minimum absolute atomic E-state index is 0.156. The van der Waals surface area contributed by atoms with Gasteiger partial charge in [-0.15, -0.1) is 0 Å². The highest BCUT2D eigenvalue weighted by Crippen LogP contribution is 2.19. The maximum Gasteiger partial charge on any atom is 0.212 e. The Morgan fingerprint density at radius 2 is 2.10 bits per heavy atom. The molecular formula is C15H15N3O2. The molecule has 0 atom stereocenters. The Balaban J connectivity index is 1.82. The van der Waals surface area contributed by atoms with Gasteiger partial charge >= 0.3 is 0 Å². The molecule has 102 valence electrons. The molecule has 0 bridgehead atoms. The predicted molar refractivity (Wildman–Crippen MR) is 72.9 cm³/mol. The first-order valence-electron chi connectivity index (χ1n) is 6.63. The number of aromatic nitrogens is 3. The topological polar surface area (TPSA) is 65.0 Å². The van der Waals surface area contributed by atoms with Crippen molar-refractivity contribution in [3.63, 3.8) is 0 Å². The lowest BCUT2D eigenvalue weighted by Gasteiger charge is -2.13. The van der Waals surface area contributed by atoms with Crippen molar-refractivity contribution in [2.24, 2.45) is 0 Å². The zero-order chi connectivity index (χ0) is 13.9. The van der Waals surface area contributed by atoms with Crippen LogP contribution in [0.25, 0.3) is 0 Å². The number of hydrogen-bond acceptors (Lipinski definition) is 5. The molecule has 1 aliphatic carbocycles. The van der Waals surface area contributed by atoms with E-state index < -0.39 is 0 Å². The predicted octanol–water partition coefficient (Wildman–Crippen LogP) is 1.99. The summed E-state index contributed by atoms with van der Waals surface area (Å²) in [6.07, 6.45) is 6.38. The number of methoxy groups -OCH3 is 1. The van der Waals surface area contributed by atoms with Gasteiger partial charge in [-0.05, 0) is 18.4 Å². The van der Waals surface area contributed by atoms with Gasteiger partial charge in [0.25, 0.3) is 0 Å². The van der Waals surface area contributed by atoms with E-state index in [2.05, 4.69) is 15.0 Å². The number of fused-ring (bicyclic) bond motifs is 1. The molecule has 0 fully saturated rings. The number of nitrogens with zero attached hydrogens (tertiary/aromatic N) is 3. The number of aryl methyl sites for hydroxylation is 1. The van der Waals surface area contributed by atoms with Gasteiger partial charge < -0.3 is 4.74 Å². The molecule has 0 N–H and O–H groups in total. The second-order valence-corrected chi connectivity index (χ2v) is 4.81. The van der Waals surface area contributed by atoms with Crippen molar-refractivity contribution in [2.75, 3.05) is 7.11 Å². The van der Waals surface area contributed by atoms with Gasteiger partial charge in [-0.3, -0.25) is 4.79 Å². The molecule has 3 rings (SSSR count). The number of carbonyl (C=O) groups is 1. The lowest BCUT2D eigenvalue weighted by atomic mass is 9.96. The fourth-order valence-corrected chi connectivity index (χ4v) is 2.34. The van der Waals surface area contributed by atoms with Crippen LogP contribution in [0.15, 0.2) is 24.5 Å². The van der Waals surface area contributed by atoms with E-state index in [0.29, 0.717) is 24.3 Å². The lowest BCUT2D eigenvalue weighted by Crippen LogP contribution is -2.15. The highest BCUT2D eigenvalue weighted by molar-refractivity contribution is 5.97. The first-order valence-corrected chi connectivity index (χ1v) is 6.63. The average molecular weight is 269 g/mol. The van der Waals surface area contributed by atoms with E-state index in [1.165, 1.54) is 0 Å². The molecule has 0 saturated heterocycles. The second-order valence-electron chi connectivity index (χ2n) is 4.81. The van der Waals surface area contributed by atoms with E-state index in [1.54, 1.807) is 19.5 Å².